The molecular weight excluding hydrogens is 281 g/mol. The molecule has 0 aliphatic carbocycles. The number of thiazole rings is 1. The number of rotatable bonds is 2. The van der Waals surface area contributed by atoms with Crippen molar-refractivity contribution in [3.8, 4) is 0 Å². The minimum atomic E-state index is -0.330. The Morgan fingerprint density at radius 1 is 1.35 bits per heavy atom. The summed E-state index contributed by atoms with van der Waals surface area (Å²) in [6, 6.07) is 2.93. The van der Waals surface area contributed by atoms with Crippen LogP contribution in [0.2, 0.25) is 10.0 Å². The van der Waals surface area contributed by atoms with Gasteiger partial charge >= 0.3 is 0 Å². The largest absolute Gasteiger partial charge is 0.396 e. The smallest absolute Gasteiger partial charge is 0.257 e. The number of hydrogen-bond donors (Lipinski definition) is 2. The molecule has 2 rings (SSSR count). The van der Waals surface area contributed by atoms with E-state index in [0.29, 0.717) is 10.7 Å². The van der Waals surface area contributed by atoms with Crippen molar-refractivity contribution in [2.75, 3.05) is 11.1 Å². The number of anilines is 2. The van der Waals surface area contributed by atoms with E-state index in [0.717, 1.165) is 0 Å². The highest BCUT2D eigenvalue weighted by molar-refractivity contribution is 7.13. The van der Waals surface area contributed by atoms with Crippen molar-refractivity contribution in [3.05, 3.63) is 39.3 Å². The number of halogens is 2. The summed E-state index contributed by atoms with van der Waals surface area (Å²) in [5, 5.41) is 5.40. The highest BCUT2D eigenvalue weighted by Gasteiger charge is 2.12. The van der Waals surface area contributed by atoms with Gasteiger partial charge < -0.3 is 5.73 Å². The molecule has 0 fully saturated rings. The van der Waals surface area contributed by atoms with E-state index in [2.05, 4.69) is 10.3 Å². The SMILES string of the molecule is Nc1c(Cl)cc(C(=O)Nc2nccs2)cc1Cl. The van der Waals surface area contributed by atoms with Crippen LogP contribution in [0.3, 0.4) is 0 Å². The van der Waals surface area contributed by atoms with E-state index in [1.54, 1.807) is 11.6 Å². The van der Waals surface area contributed by atoms with Gasteiger partial charge in [0.1, 0.15) is 0 Å². The van der Waals surface area contributed by atoms with Crippen LogP contribution in [-0.2, 0) is 0 Å². The molecule has 17 heavy (non-hydrogen) atoms. The fraction of sp³-hybridized carbons (Fsp3) is 0. The highest BCUT2D eigenvalue weighted by atomic mass is 35.5. The molecule has 0 saturated heterocycles. The normalized spacial score (nSPS) is 10.2. The Bertz CT molecular complexity index is 534. The summed E-state index contributed by atoms with van der Waals surface area (Å²) in [6.45, 7) is 0. The third-order valence-electron chi connectivity index (χ3n) is 1.99. The number of nitrogens with zero attached hydrogens (tertiary/aromatic N) is 1. The van der Waals surface area contributed by atoms with Gasteiger partial charge in [-0.25, -0.2) is 4.98 Å². The number of aromatic nitrogens is 1. The molecule has 0 atom stereocenters. The zero-order valence-corrected chi connectivity index (χ0v) is 10.7. The lowest BCUT2D eigenvalue weighted by Gasteiger charge is -2.05. The van der Waals surface area contributed by atoms with Crippen LogP contribution in [0.5, 0.6) is 0 Å². The van der Waals surface area contributed by atoms with E-state index in [4.69, 9.17) is 28.9 Å². The van der Waals surface area contributed by atoms with Gasteiger partial charge in [0.25, 0.3) is 5.91 Å². The Morgan fingerprint density at radius 3 is 2.53 bits per heavy atom. The summed E-state index contributed by atoms with van der Waals surface area (Å²) in [5.74, 6) is -0.330. The van der Waals surface area contributed by atoms with E-state index < -0.39 is 0 Å². The first-order chi connectivity index (χ1) is 8.08. The van der Waals surface area contributed by atoms with Crippen molar-refractivity contribution < 1.29 is 4.79 Å². The lowest BCUT2D eigenvalue weighted by atomic mass is 10.2. The standard InChI is InChI=1S/C10H7Cl2N3OS/c11-6-3-5(4-7(12)8(6)13)9(16)15-10-14-1-2-17-10/h1-4H,13H2,(H,14,15,16). The van der Waals surface area contributed by atoms with Gasteiger partial charge in [0, 0.05) is 17.1 Å². The van der Waals surface area contributed by atoms with Crippen molar-refractivity contribution in [1.82, 2.24) is 4.98 Å². The van der Waals surface area contributed by atoms with Crippen LogP contribution in [0.4, 0.5) is 10.8 Å². The molecule has 1 heterocycles. The number of amides is 1. The second-order valence-electron chi connectivity index (χ2n) is 3.14. The van der Waals surface area contributed by atoms with Crippen LogP contribution in [-0.4, -0.2) is 10.9 Å². The van der Waals surface area contributed by atoms with E-state index in [1.807, 2.05) is 0 Å². The molecule has 1 amide bonds. The van der Waals surface area contributed by atoms with Crippen LogP contribution in [0.25, 0.3) is 0 Å². The molecule has 2 aromatic rings. The number of hydrogen-bond acceptors (Lipinski definition) is 4. The maximum atomic E-state index is 11.8. The zero-order chi connectivity index (χ0) is 12.4. The third kappa shape index (κ3) is 2.69. The zero-order valence-electron chi connectivity index (χ0n) is 8.41. The van der Waals surface area contributed by atoms with Crippen molar-refractivity contribution in [2.24, 2.45) is 0 Å². The number of carbonyl (C=O) groups is 1. The van der Waals surface area contributed by atoms with Gasteiger partial charge in [-0.3, -0.25) is 10.1 Å². The molecule has 0 unspecified atom stereocenters. The fourth-order valence-electron chi connectivity index (χ4n) is 1.17. The van der Waals surface area contributed by atoms with Gasteiger partial charge in [0.05, 0.1) is 15.7 Å². The van der Waals surface area contributed by atoms with Crippen LogP contribution < -0.4 is 11.1 Å². The maximum absolute atomic E-state index is 11.8. The summed E-state index contributed by atoms with van der Waals surface area (Å²) in [4.78, 5) is 15.8. The molecule has 7 heteroatoms. The van der Waals surface area contributed by atoms with Crippen LogP contribution >= 0.6 is 34.5 Å². The molecular formula is C10H7Cl2N3OS. The Balaban J connectivity index is 2.26. The summed E-state index contributed by atoms with van der Waals surface area (Å²) in [7, 11) is 0. The average molecular weight is 288 g/mol. The molecule has 0 aliphatic rings. The molecule has 3 N–H and O–H groups in total. The second kappa shape index (κ2) is 4.91. The molecule has 0 saturated carbocycles. The number of benzene rings is 1. The van der Waals surface area contributed by atoms with E-state index in [9.17, 15) is 4.79 Å². The van der Waals surface area contributed by atoms with Crippen molar-refractivity contribution in [2.45, 2.75) is 0 Å². The first kappa shape index (κ1) is 12.2. The highest BCUT2D eigenvalue weighted by Crippen LogP contribution is 2.29. The Morgan fingerprint density at radius 2 is 2.00 bits per heavy atom. The first-order valence-electron chi connectivity index (χ1n) is 4.53. The molecule has 4 nitrogen and oxygen atoms in total. The van der Waals surface area contributed by atoms with Crippen LogP contribution in [0, 0.1) is 0 Å². The third-order valence-corrected chi connectivity index (χ3v) is 3.31. The molecule has 1 aromatic heterocycles. The number of nitrogens with two attached hydrogens (primary N) is 1. The fourth-order valence-corrected chi connectivity index (χ4v) is 2.18. The molecule has 0 aliphatic heterocycles. The number of carbonyl (C=O) groups excluding carboxylic acids is 1. The van der Waals surface area contributed by atoms with Gasteiger partial charge in [0.2, 0.25) is 0 Å². The van der Waals surface area contributed by atoms with E-state index in [1.165, 1.54) is 23.5 Å². The van der Waals surface area contributed by atoms with Gasteiger partial charge in [-0.2, -0.15) is 0 Å². The molecule has 88 valence electrons. The topological polar surface area (TPSA) is 68.0 Å². The van der Waals surface area contributed by atoms with Gasteiger partial charge in [-0.1, -0.05) is 23.2 Å². The van der Waals surface area contributed by atoms with Crippen LogP contribution in [0.15, 0.2) is 23.7 Å². The summed E-state index contributed by atoms with van der Waals surface area (Å²) < 4.78 is 0. The predicted octanol–water partition coefficient (Wildman–Crippen LogP) is 3.28. The minimum absolute atomic E-state index is 0.252. The Labute approximate surface area is 111 Å². The molecule has 0 radical (unpaired) electrons. The van der Waals surface area contributed by atoms with Gasteiger partial charge in [-0.15, -0.1) is 11.3 Å². The van der Waals surface area contributed by atoms with Crippen molar-refractivity contribution in [3.63, 3.8) is 0 Å². The quantitative estimate of drug-likeness (QED) is 0.833. The van der Waals surface area contributed by atoms with E-state index >= 15 is 0 Å². The van der Waals surface area contributed by atoms with Crippen molar-refractivity contribution >= 4 is 51.3 Å². The summed E-state index contributed by atoms with van der Waals surface area (Å²) in [5.41, 5.74) is 6.18. The molecule has 1 aromatic carbocycles. The first-order valence-corrected chi connectivity index (χ1v) is 6.17. The van der Waals surface area contributed by atoms with Crippen LogP contribution in [0.1, 0.15) is 10.4 Å². The van der Waals surface area contributed by atoms with Gasteiger partial charge in [-0.05, 0) is 12.1 Å². The predicted molar refractivity (Wildman–Crippen MR) is 70.9 cm³/mol. The summed E-state index contributed by atoms with van der Waals surface area (Å²) in [6.07, 6.45) is 1.60. The number of nitrogens with one attached hydrogen (secondary N) is 1. The lowest BCUT2D eigenvalue weighted by molar-refractivity contribution is 0.102. The van der Waals surface area contributed by atoms with E-state index in [-0.39, 0.29) is 21.6 Å². The molecule has 0 bridgehead atoms. The van der Waals surface area contributed by atoms with Crippen molar-refractivity contribution in [1.29, 1.82) is 0 Å². The summed E-state index contributed by atoms with van der Waals surface area (Å²) >= 11 is 13.0. The number of nitrogen functional groups attached to an aromatic ring is 1. The maximum Gasteiger partial charge on any atom is 0.257 e. The average Bonchev–Trinajstić information content (AvgIpc) is 2.77. The Hall–Kier alpha value is -1.30. The lowest BCUT2D eigenvalue weighted by Crippen LogP contribution is -2.12. The monoisotopic (exact) mass is 287 g/mol. The minimum Gasteiger partial charge on any atom is -0.396 e. The second-order valence-corrected chi connectivity index (χ2v) is 4.85. The molecule has 0 spiro atoms. The Kier molecular flexibility index (Phi) is 3.51. The van der Waals surface area contributed by atoms with Gasteiger partial charge in [0.15, 0.2) is 5.13 Å².